The van der Waals surface area contributed by atoms with Crippen molar-refractivity contribution in [3.63, 3.8) is 0 Å². The summed E-state index contributed by atoms with van der Waals surface area (Å²) in [6.07, 6.45) is 2.01. The molecule has 2 aliphatic heterocycles. The van der Waals surface area contributed by atoms with E-state index in [-0.39, 0.29) is 11.8 Å². The van der Waals surface area contributed by atoms with E-state index in [1.807, 2.05) is 23.6 Å². The van der Waals surface area contributed by atoms with Gasteiger partial charge in [0.05, 0.1) is 29.5 Å². The number of amides is 1. The number of fused-ring (bicyclic) bond motifs is 1. The third-order valence-corrected chi connectivity index (χ3v) is 6.11. The van der Waals surface area contributed by atoms with Gasteiger partial charge in [0.25, 0.3) is 0 Å². The molecule has 2 aromatic rings. The second-order valence-corrected chi connectivity index (χ2v) is 7.56. The van der Waals surface area contributed by atoms with Crippen LogP contribution in [0.2, 0.25) is 0 Å². The molecule has 7 nitrogen and oxygen atoms in total. The zero-order valence-electron chi connectivity index (χ0n) is 14.2. The van der Waals surface area contributed by atoms with Gasteiger partial charge in [-0.3, -0.25) is 4.79 Å². The SMILES string of the molecule is Cc1nn(C)c2nc(N3CCCC(C(=O)N4CCOCC4)C3)sc12. The van der Waals surface area contributed by atoms with Gasteiger partial charge in [-0.25, -0.2) is 9.67 Å². The van der Waals surface area contributed by atoms with E-state index in [0.717, 1.165) is 60.2 Å². The minimum Gasteiger partial charge on any atom is -0.378 e. The Morgan fingerprint density at radius 3 is 2.83 bits per heavy atom. The third-order valence-electron chi connectivity index (χ3n) is 4.90. The summed E-state index contributed by atoms with van der Waals surface area (Å²) in [5.74, 6) is 0.352. The molecule has 8 heteroatoms. The summed E-state index contributed by atoms with van der Waals surface area (Å²) in [6, 6.07) is 0. The van der Waals surface area contributed by atoms with Crippen molar-refractivity contribution in [3.05, 3.63) is 5.69 Å². The molecular formula is C16H23N5O2S. The van der Waals surface area contributed by atoms with E-state index < -0.39 is 0 Å². The molecule has 0 spiro atoms. The highest BCUT2D eigenvalue weighted by Gasteiger charge is 2.31. The lowest BCUT2D eigenvalue weighted by Crippen LogP contribution is -2.48. The number of nitrogens with zero attached hydrogens (tertiary/aromatic N) is 5. The first-order chi connectivity index (χ1) is 11.6. The smallest absolute Gasteiger partial charge is 0.227 e. The van der Waals surface area contributed by atoms with Gasteiger partial charge < -0.3 is 14.5 Å². The van der Waals surface area contributed by atoms with Gasteiger partial charge in [0, 0.05) is 33.2 Å². The summed E-state index contributed by atoms with van der Waals surface area (Å²) in [5.41, 5.74) is 1.96. The van der Waals surface area contributed by atoms with Crippen LogP contribution < -0.4 is 4.90 Å². The van der Waals surface area contributed by atoms with E-state index >= 15 is 0 Å². The summed E-state index contributed by atoms with van der Waals surface area (Å²) < 4.78 is 8.34. The molecule has 2 saturated heterocycles. The molecule has 0 saturated carbocycles. The number of hydrogen-bond donors (Lipinski definition) is 0. The van der Waals surface area contributed by atoms with Gasteiger partial charge in [-0.2, -0.15) is 5.10 Å². The molecule has 0 radical (unpaired) electrons. The van der Waals surface area contributed by atoms with Gasteiger partial charge in [-0.05, 0) is 19.8 Å². The average molecular weight is 349 g/mol. The highest BCUT2D eigenvalue weighted by atomic mass is 32.1. The second-order valence-electron chi connectivity index (χ2n) is 6.58. The van der Waals surface area contributed by atoms with Crippen molar-refractivity contribution in [1.82, 2.24) is 19.7 Å². The van der Waals surface area contributed by atoms with Crippen LogP contribution in [-0.2, 0) is 16.6 Å². The van der Waals surface area contributed by atoms with E-state index in [9.17, 15) is 4.79 Å². The lowest BCUT2D eigenvalue weighted by Gasteiger charge is -2.36. The van der Waals surface area contributed by atoms with Gasteiger partial charge >= 0.3 is 0 Å². The standard InChI is InChI=1S/C16H23N5O2S/c1-11-13-14(19(2)18-11)17-16(24-13)21-5-3-4-12(10-21)15(22)20-6-8-23-9-7-20/h12H,3-10H2,1-2H3. The van der Waals surface area contributed by atoms with Crippen LogP contribution in [0.25, 0.3) is 10.3 Å². The molecule has 0 aromatic carbocycles. The number of rotatable bonds is 2. The lowest BCUT2D eigenvalue weighted by molar-refractivity contribution is -0.139. The van der Waals surface area contributed by atoms with Crippen molar-refractivity contribution in [2.75, 3.05) is 44.3 Å². The Hall–Kier alpha value is -1.67. The molecule has 0 N–H and O–H groups in total. The maximum absolute atomic E-state index is 12.8. The summed E-state index contributed by atoms with van der Waals surface area (Å²) in [4.78, 5) is 21.8. The number of anilines is 1. The number of ether oxygens (including phenoxy) is 1. The van der Waals surface area contributed by atoms with Crippen LogP contribution >= 0.6 is 11.3 Å². The van der Waals surface area contributed by atoms with E-state index in [1.54, 1.807) is 11.3 Å². The minimum atomic E-state index is 0.0723. The van der Waals surface area contributed by atoms with Crippen LogP contribution in [0.3, 0.4) is 0 Å². The molecule has 1 atom stereocenters. The molecule has 4 heterocycles. The topological polar surface area (TPSA) is 63.5 Å². The maximum Gasteiger partial charge on any atom is 0.227 e. The van der Waals surface area contributed by atoms with Crippen molar-refractivity contribution in [3.8, 4) is 0 Å². The van der Waals surface area contributed by atoms with E-state index in [4.69, 9.17) is 9.72 Å². The fourth-order valence-electron chi connectivity index (χ4n) is 3.60. The van der Waals surface area contributed by atoms with E-state index in [0.29, 0.717) is 13.2 Å². The van der Waals surface area contributed by atoms with E-state index in [1.165, 1.54) is 0 Å². The fraction of sp³-hybridized carbons (Fsp3) is 0.688. The second kappa shape index (κ2) is 6.33. The third kappa shape index (κ3) is 2.77. The van der Waals surface area contributed by atoms with E-state index in [2.05, 4.69) is 10.00 Å². The molecule has 1 amide bonds. The number of carbonyl (C=O) groups is 1. The molecule has 0 aliphatic carbocycles. The van der Waals surface area contributed by atoms with Gasteiger partial charge in [0.1, 0.15) is 0 Å². The van der Waals surface area contributed by atoms with Crippen LogP contribution in [0, 0.1) is 12.8 Å². The van der Waals surface area contributed by atoms with Crippen LogP contribution in [-0.4, -0.2) is 65.0 Å². The predicted molar refractivity (Wildman–Crippen MR) is 93.5 cm³/mol. The molecule has 2 fully saturated rings. The summed E-state index contributed by atoms with van der Waals surface area (Å²) in [5, 5.41) is 5.43. The Kier molecular flexibility index (Phi) is 4.17. The number of aromatic nitrogens is 3. The Morgan fingerprint density at radius 1 is 1.29 bits per heavy atom. The fourth-order valence-corrected chi connectivity index (χ4v) is 4.67. The van der Waals surface area contributed by atoms with Crippen molar-refractivity contribution < 1.29 is 9.53 Å². The largest absolute Gasteiger partial charge is 0.378 e. The monoisotopic (exact) mass is 349 g/mol. The molecule has 4 rings (SSSR count). The summed E-state index contributed by atoms with van der Waals surface area (Å²) >= 11 is 1.69. The first-order valence-corrected chi connectivity index (χ1v) is 9.37. The molecule has 1 unspecified atom stereocenters. The quantitative estimate of drug-likeness (QED) is 0.820. The van der Waals surface area contributed by atoms with Crippen molar-refractivity contribution in [2.45, 2.75) is 19.8 Å². The normalized spacial score (nSPS) is 22.3. The Bertz CT molecular complexity index is 715. The predicted octanol–water partition coefficient (Wildman–Crippen LogP) is 1.41. The first-order valence-electron chi connectivity index (χ1n) is 8.55. The number of carbonyl (C=O) groups excluding carboxylic acids is 1. The molecule has 0 bridgehead atoms. The average Bonchev–Trinajstić information content (AvgIpc) is 3.17. The summed E-state index contributed by atoms with van der Waals surface area (Å²) in [7, 11) is 1.93. The molecule has 2 aliphatic rings. The molecular weight excluding hydrogens is 326 g/mol. The van der Waals surface area contributed by atoms with Gasteiger partial charge in [-0.1, -0.05) is 11.3 Å². The first kappa shape index (κ1) is 15.8. The van der Waals surface area contributed by atoms with Gasteiger partial charge in [0.2, 0.25) is 5.91 Å². The Labute approximate surface area is 145 Å². The van der Waals surface area contributed by atoms with Crippen molar-refractivity contribution in [1.29, 1.82) is 0 Å². The highest BCUT2D eigenvalue weighted by Crippen LogP contribution is 2.33. The van der Waals surface area contributed by atoms with Crippen LogP contribution in [0.4, 0.5) is 5.13 Å². The summed E-state index contributed by atoms with van der Waals surface area (Å²) in [6.45, 7) is 6.52. The molecule has 24 heavy (non-hydrogen) atoms. The Morgan fingerprint density at radius 2 is 2.08 bits per heavy atom. The Balaban J connectivity index is 1.51. The lowest BCUT2D eigenvalue weighted by atomic mass is 9.96. The zero-order chi connectivity index (χ0) is 16.7. The van der Waals surface area contributed by atoms with Crippen LogP contribution in [0.1, 0.15) is 18.5 Å². The molecule has 2 aromatic heterocycles. The van der Waals surface area contributed by atoms with Crippen LogP contribution in [0.5, 0.6) is 0 Å². The van der Waals surface area contributed by atoms with Gasteiger partial charge in [-0.15, -0.1) is 0 Å². The van der Waals surface area contributed by atoms with Crippen LogP contribution in [0.15, 0.2) is 0 Å². The number of piperidine rings is 1. The highest BCUT2D eigenvalue weighted by molar-refractivity contribution is 7.22. The number of morpholine rings is 1. The zero-order valence-corrected chi connectivity index (χ0v) is 15.0. The molecule has 130 valence electrons. The number of thiazole rings is 1. The minimum absolute atomic E-state index is 0.0723. The number of hydrogen-bond acceptors (Lipinski definition) is 6. The van der Waals surface area contributed by atoms with Gasteiger partial charge in [0.15, 0.2) is 10.8 Å². The number of aryl methyl sites for hydroxylation is 2. The van der Waals surface area contributed by atoms with Crippen molar-refractivity contribution >= 4 is 32.7 Å². The maximum atomic E-state index is 12.8. The van der Waals surface area contributed by atoms with Crippen molar-refractivity contribution in [2.24, 2.45) is 13.0 Å².